The van der Waals surface area contributed by atoms with Crippen LogP contribution in [0.2, 0.25) is 0 Å². The predicted octanol–water partition coefficient (Wildman–Crippen LogP) is 1.72. The molecule has 2 aliphatic heterocycles. The molecule has 2 aliphatic rings. The van der Waals surface area contributed by atoms with Crippen LogP contribution in [0.25, 0.3) is 0 Å². The van der Waals surface area contributed by atoms with Gasteiger partial charge in [0.15, 0.2) is 0 Å². The van der Waals surface area contributed by atoms with Crippen molar-refractivity contribution < 1.29 is 14.3 Å². The lowest BCUT2D eigenvalue weighted by Gasteiger charge is -2.44. The third kappa shape index (κ3) is 3.36. The van der Waals surface area contributed by atoms with Gasteiger partial charge in [-0.15, -0.1) is 0 Å². The van der Waals surface area contributed by atoms with Crippen LogP contribution in [-0.4, -0.2) is 48.6 Å². The molecule has 0 saturated carbocycles. The van der Waals surface area contributed by atoms with E-state index in [1.165, 1.54) is 0 Å². The lowest BCUT2D eigenvalue weighted by atomic mass is 9.99. The van der Waals surface area contributed by atoms with Crippen LogP contribution in [0.4, 0.5) is 4.79 Å². The van der Waals surface area contributed by atoms with E-state index >= 15 is 0 Å². The quantitative estimate of drug-likeness (QED) is 0.717. The van der Waals surface area contributed by atoms with Crippen molar-refractivity contribution in [3.63, 3.8) is 0 Å². The number of rotatable bonds is 0. The zero-order valence-electron chi connectivity index (χ0n) is 11.6. The average Bonchev–Trinajstić information content (AvgIpc) is 2.28. The van der Waals surface area contributed by atoms with E-state index in [1.54, 1.807) is 4.90 Å². The van der Waals surface area contributed by atoms with Crippen LogP contribution in [-0.2, 0) is 9.47 Å². The van der Waals surface area contributed by atoms with Crippen LogP contribution in [0.15, 0.2) is 0 Å². The van der Waals surface area contributed by atoms with Gasteiger partial charge in [-0.3, -0.25) is 5.32 Å². The normalized spacial score (nSPS) is 24.1. The molecule has 0 unspecified atom stereocenters. The minimum Gasteiger partial charge on any atom is -0.444 e. The van der Waals surface area contributed by atoms with Crippen molar-refractivity contribution in [2.75, 3.05) is 26.2 Å². The Bertz CT molecular complexity index is 296. The van der Waals surface area contributed by atoms with E-state index in [-0.39, 0.29) is 11.8 Å². The van der Waals surface area contributed by atoms with Gasteiger partial charge in [0.2, 0.25) is 0 Å². The maximum atomic E-state index is 11.9. The highest BCUT2D eigenvalue weighted by molar-refractivity contribution is 5.68. The Balaban J connectivity index is 1.84. The number of ether oxygens (including phenoxy) is 2. The summed E-state index contributed by atoms with van der Waals surface area (Å²) in [5, 5.41) is 3.44. The van der Waals surface area contributed by atoms with Crippen LogP contribution < -0.4 is 5.32 Å². The lowest BCUT2D eigenvalue weighted by molar-refractivity contribution is -0.125. The molecule has 5 nitrogen and oxygen atoms in total. The first-order chi connectivity index (χ1) is 8.40. The molecule has 2 saturated heterocycles. The molecule has 0 bridgehead atoms. The van der Waals surface area contributed by atoms with E-state index in [0.717, 1.165) is 32.4 Å². The second-order valence-corrected chi connectivity index (χ2v) is 6.09. The van der Waals surface area contributed by atoms with E-state index in [4.69, 9.17) is 9.47 Å². The number of nitrogens with zero attached hydrogens (tertiary/aromatic N) is 1. The first-order valence-corrected chi connectivity index (χ1v) is 6.77. The lowest BCUT2D eigenvalue weighted by Crippen LogP contribution is -2.58. The Morgan fingerprint density at radius 3 is 2.50 bits per heavy atom. The van der Waals surface area contributed by atoms with E-state index in [2.05, 4.69) is 5.32 Å². The van der Waals surface area contributed by atoms with Gasteiger partial charge in [-0.1, -0.05) is 0 Å². The van der Waals surface area contributed by atoms with Gasteiger partial charge in [0, 0.05) is 25.9 Å². The molecule has 0 aliphatic carbocycles. The van der Waals surface area contributed by atoms with Gasteiger partial charge in [-0.05, 0) is 33.7 Å². The molecular formula is C13H24N2O3. The van der Waals surface area contributed by atoms with Crippen molar-refractivity contribution in [1.82, 2.24) is 10.2 Å². The topological polar surface area (TPSA) is 50.8 Å². The number of hydrogen-bond acceptors (Lipinski definition) is 4. The summed E-state index contributed by atoms with van der Waals surface area (Å²) in [4.78, 5) is 13.7. The molecular weight excluding hydrogens is 232 g/mol. The molecule has 0 aromatic rings. The summed E-state index contributed by atoms with van der Waals surface area (Å²) in [6.07, 6.45) is 2.53. The highest BCUT2D eigenvalue weighted by Crippen LogP contribution is 2.26. The van der Waals surface area contributed by atoms with Gasteiger partial charge in [0.25, 0.3) is 0 Å². The Hall–Kier alpha value is -0.810. The van der Waals surface area contributed by atoms with Crippen molar-refractivity contribution in [1.29, 1.82) is 0 Å². The fraction of sp³-hybridized carbons (Fsp3) is 0.923. The molecule has 104 valence electrons. The number of carbonyl (C=O) groups is 1. The second kappa shape index (κ2) is 5.05. The molecule has 1 amide bonds. The number of carbonyl (C=O) groups excluding carboxylic acids is 1. The number of nitrogens with one attached hydrogen (secondary N) is 1. The van der Waals surface area contributed by atoms with Crippen LogP contribution in [0.5, 0.6) is 0 Å². The Kier molecular flexibility index (Phi) is 3.82. The molecule has 0 aromatic carbocycles. The summed E-state index contributed by atoms with van der Waals surface area (Å²) < 4.78 is 11.2. The third-order valence-corrected chi connectivity index (χ3v) is 3.37. The third-order valence-electron chi connectivity index (χ3n) is 3.37. The fourth-order valence-corrected chi connectivity index (χ4v) is 2.41. The Morgan fingerprint density at radius 1 is 1.33 bits per heavy atom. The zero-order chi connectivity index (χ0) is 13.2. The van der Waals surface area contributed by atoms with E-state index in [0.29, 0.717) is 13.1 Å². The molecule has 0 radical (unpaired) electrons. The molecule has 1 N–H and O–H groups in total. The van der Waals surface area contributed by atoms with Gasteiger partial charge in [0.05, 0.1) is 6.61 Å². The van der Waals surface area contributed by atoms with Gasteiger partial charge in [-0.25, -0.2) is 4.79 Å². The summed E-state index contributed by atoms with van der Waals surface area (Å²) in [5.41, 5.74) is -0.622. The summed E-state index contributed by atoms with van der Waals surface area (Å²) in [5.74, 6) is 0. The van der Waals surface area contributed by atoms with Crippen molar-refractivity contribution in [2.24, 2.45) is 0 Å². The summed E-state index contributed by atoms with van der Waals surface area (Å²) in [6, 6.07) is 0. The first-order valence-electron chi connectivity index (χ1n) is 6.77. The van der Waals surface area contributed by atoms with Crippen molar-refractivity contribution >= 4 is 6.09 Å². The Labute approximate surface area is 109 Å². The standard InChI is InChI=1S/C13H24N2O3/c1-12(2,3)18-11(16)15-8-5-13(6-9-15)14-7-4-10-17-13/h14H,4-10H2,1-3H3. The van der Waals surface area contributed by atoms with Crippen LogP contribution in [0, 0.1) is 0 Å². The van der Waals surface area contributed by atoms with Crippen LogP contribution in [0.1, 0.15) is 40.0 Å². The summed E-state index contributed by atoms with van der Waals surface area (Å²) in [6.45, 7) is 8.89. The SMILES string of the molecule is CC(C)(C)OC(=O)N1CCC2(CC1)NCCCO2. The predicted molar refractivity (Wildman–Crippen MR) is 68.3 cm³/mol. The van der Waals surface area contributed by atoms with Crippen molar-refractivity contribution in [2.45, 2.75) is 51.4 Å². The highest BCUT2D eigenvalue weighted by atomic mass is 16.6. The summed E-state index contributed by atoms with van der Waals surface area (Å²) >= 11 is 0. The number of piperidine rings is 1. The molecule has 5 heteroatoms. The minimum atomic E-state index is -0.425. The maximum absolute atomic E-state index is 11.9. The van der Waals surface area contributed by atoms with Gasteiger partial charge >= 0.3 is 6.09 Å². The summed E-state index contributed by atoms with van der Waals surface area (Å²) in [7, 11) is 0. The number of likely N-dealkylation sites (tertiary alicyclic amines) is 1. The molecule has 0 aromatic heterocycles. The van der Waals surface area contributed by atoms with E-state index < -0.39 is 5.60 Å². The molecule has 1 spiro atoms. The van der Waals surface area contributed by atoms with Crippen molar-refractivity contribution in [3.05, 3.63) is 0 Å². The highest BCUT2D eigenvalue weighted by Gasteiger charge is 2.38. The Morgan fingerprint density at radius 2 is 2.00 bits per heavy atom. The minimum absolute atomic E-state index is 0.198. The van der Waals surface area contributed by atoms with Gasteiger partial charge < -0.3 is 14.4 Å². The fourth-order valence-electron chi connectivity index (χ4n) is 2.41. The molecule has 0 atom stereocenters. The van der Waals surface area contributed by atoms with Gasteiger partial charge in [-0.2, -0.15) is 0 Å². The molecule has 18 heavy (non-hydrogen) atoms. The molecule has 2 rings (SSSR count). The number of hydrogen-bond donors (Lipinski definition) is 1. The van der Waals surface area contributed by atoms with Gasteiger partial charge in [0.1, 0.15) is 11.3 Å². The largest absolute Gasteiger partial charge is 0.444 e. The zero-order valence-corrected chi connectivity index (χ0v) is 11.6. The van der Waals surface area contributed by atoms with Crippen LogP contribution >= 0.6 is 0 Å². The number of amides is 1. The maximum Gasteiger partial charge on any atom is 0.410 e. The van der Waals surface area contributed by atoms with Crippen molar-refractivity contribution in [3.8, 4) is 0 Å². The first kappa shape index (κ1) is 13.6. The monoisotopic (exact) mass is 256 g/mol. The van der Waals surface area contributed by atoms with E-state index in [9.17, 15) is 4.79 Å². The second-order valence-electron chi connectivity index (χ2n) is 6.09. The molecule has 2 heterocycles. The average molecular weight is 256 g/mol. The van der Waals surface area contributed by atoms with Crippen LogP contribution in [0.3, 0.4) is 0 Å². The van der Waals surface area contributed by atoms with E-state index in [1.807, 2.05) is 20.8 Å². The molecule has 2 fully saturated rings. The smallest absolute Gasteiger partial charge is 0.410 e.